The van der Waals surface area contributed by atoms with Crippen molar-refractivity contribution in [3.63, 3.8) is 0 Å². The van der Waals surface area contributed by atoms with Gasteiger partial charge in [-0.2, -0.15) is 0 Å². The lowest BCUT2D eigenvalue weighted by molar-refractivity contribution is -0.132. The molecule has 1 saturated heterocycles. The number of nitrogen functional groups attached to an aromatic ring is 1. The molecule has 0 aromatic heterocycles. The van der Waals surface area contributed by atoms with Gasteiger partial charge in [-0.1, -0.05) is 13.0 Å². The van der Waals surface area contributed by atoms with Crippen molar-refractivity contribution in [1.82, 2.24) is 4.90 Å². The summed E-state index contributed by atoms with van der Waals surface area (Å²) in [5.74, 6) is 0.743. The third kappa shape index (κ3) is 3.69. The number of piperidine rings is 1. The fraction of sp³-hybridized carbons (Fsp3) is 0.562. The quantitative estimate of drug-likeness (QED) is 0.683. The standard InChI is InChI=1S/C16H24N2OS/c1-3-13-6-4-5-9-18(13)16(19)11-20-15-10-12(2)7-8-14(15)17/h7-8,10,13H,3-6,9,11,17H2,1-2H3. The summed E-state index contributed by atoms with van der Waals surface area (Å²) in [5, 5.41) is 0. The Hall–Kier alpha value is -1.16. The molecule has 1 aliphatic rings. The second-order valence-corrected chi connectivity index (χ2v) is 6.49. The third-order valence-corrected chi connectivity index (χ3v) is 4.99. The van der Waals surface area contributed by atoms with Crippen LogP contribution in [0.2, 0.25) is 0 Å². The van der Waals surface area contributed by atoms with Crippen LogP contribution in [0.1, 0.15) is 38.2 Å². The molecule has 0 aliphatic carbocycles. The van der Waals surface area contributed by atoms with Crippen LogP contribution in [-0.4, -0.2) is 29.1 Å². The molecule has 1 fully saturated rings. The summed E-state index contributed by atoms with van der Waals surface area (Å²) in [6, 6.07) is 6.41. The van der Waals surface area contributed by atoms with Crippen molar-refractivity contribution >= 4 is 23.4 Å². The van der Waals surface area contributed by atoms with Crippen LogP contribution < -0.4 is 5.73 Å². The lowest BCUT2D eigenvalue weighted by atomic mass is 10.0. The van der Waals surface area contributed by atoms with Gasteiger partial charge in [0.05, 0.1) is 5.75 Å². The molecule has 1 aliphatic heterocycles. The van der Waals surface area contributed by atoms with E-state index in [0.29, 0.717) is 11.8 Å². The van der Waals surface area contributed by atoms with Crippen molar-refractivity contribution in [2.45, 2.75) is 50.5 Å². The maximum absolute atomic E-state index is 12.4. The van der Waals surface area contributed by atoms with Crippen LogP contribution in [0.4, 0.5) is 5.69 Å². The number of carbonyl (C=O) groups excluding carboxylic acids is 1. The van der Waals surface area contributed by atoms with Gasteiger partial charge in [0.2, 0.25) is 5.91 Å². The number of rotatable bonds is 4. The molecular formula is C16H24N2OS. The van der Waals surface area contributed by atoms with Crippen molar-refractivity contribution in [3.05, 3.63) is 23.8 Å². The zero-order chi connectivity index (χ0) is 14.5. The van der Waals surface area contributed by atoms with Crippen molar-refractivity contribution in [2.75, 3.05) is 18.0 Å². The van der Waals surface area contributed by atoms with Gasteiger partial charge in [-0.25, -0.2) is 0 Å². The first-order chi connectivity index (χ1) is 9.61. The molecule has 110 valence electrons. The summed E-state index contributed by atoms with van der Waals surface area (Å²) in [6.45, 7) is 5.13. The monoisotopic (exact) mass is 292 g/mol. The predicted octanol–water partition coefficient (Wildman–Crippen LogP) is 3.46. The number of likely N-dealkylation sites (tertiary alicyclic amines) is 1. The number of benzene rings is 1. The maximum atomic E-state index is 12.4. The zero-order valence-electron chi connectivity index (χ0n) is 12.4. The Kier molecular flexibility index (Phi) is 5.35. The summed E-state index contributed by atoms with van der Waals surface area (Å²) in [7, 11) is 0. The molecule has 1 atom stereocenters. The smallest absolute Gasteiger partial charge is 0.233 e. The Labute approximate surface area is 125 Å². The van der Waals surface area contributed by atoms with E-state index in [1.807, 2.05) is 19.1 Å². The molecule has 0 radical (unpaired) electrons. The van der Waals surface area contributed by atoms with Crippen LogP contribution >= 0.6 is 11.8 Å². The largest absolute Gasteiger partial charge is 0.398 e. The summed E-state index contributed by atoms with van der Waals surface area (Å²) >= 11 is 1.56. The van der Waals surface area contributed by atoms with Gasteiger partial charge in [-0.05, 0) is 50.3 Å². The topological polar surface area (TPSA) is 46.3 Å². The summed E-state index contributed by atoms with van der Waals surface area (Å²) in [5.41, 5.74) is 7.90. The minimum atomic E-state index is 0.252. The Morgan fingerprint density at radius 3 is 3.00 bits per heavy atom. The van der Waals surface area contributed by atoms with E-state index in [-0.39, 0.29) is 5.91 Å². The van der Waals surface area contributed by atoms with Crippen LogP contribution in [0.25, 0.3) is 0 Å². The van der Waals surface area contributed by atoms with Crippen LogP contribution in [0.5, 0.6) is 0 Å². The molecule has 2 N–H and O–H groups in total. The molecule has 0 saturated carbocycles. The van der Waals surface area contributed by atoms with E-state index < -0.39 is 0 Å². The van der Waals surface area contributed by atoms with Gasteiger partial charge >= 0.3 is 0 Å². The van der Waals surface area contributed by atoms with E-state index in [0.717, 1.165) is 36.4 Å². The zero-order valence-corrected chi connectivity index (χ0v) is 13.2. The second-order valence-electron chi connectivity index (χ2n) is 5.47. The molecule has 1 heterocycles. The molecule has 3 nitrogen and oxygen atoms in total. The minimum Gasteiger partial charge on any atom is -0.398 e. The number of hydrogen-bond acceptors (Lipinski definition) is 3. The van der Waals surface area contributed by atoms with Crippen molar-refractivity contribution in [2.24, 2.45) is 0 Å². The van der Waals surface area contributed by atoms with Crippen LogP contribution in [0.3, 0.4) is 0 Å². The van der Waals surface area contributed by atoms with E-state index >= 15 is 0 Å². The van der Waals surface area contributed by atoms with Crippen molar-refractivity contribution in [1.29, 1.82) is 0 Å². The van der Waals surface area contributed by atoms with Crippen molar-refractivity contribution in [3.8, 4) is 0 Å². The SMILES string of the molecule is CCC1CCCCN1C(=O)CSc1cc(C)ccc1N. The summed E-state index contributed by atoms with van der Waals surface area (Å²) < 4.78 is 0. The minimum absolute atomic E-state index is 0.252. The van der Waals surface area contributed by atoms with Gasteiger partial charge < -0.3 is 10.6 Å². The van der Waals surface area contributed by atoms with Gasteiger partial charge in [0, 0.05) is 23.2 Å². The number of carbonyl (C=O) groups is 1. The number of thioether (sulfide) groups is 1. The van der Waals surface area contributed by atoms with E-state index in [4.69, 9.17) is 5.73 Å². The van der Waals surface area contributed by atoms with Crippen LogP contribution in [0.15, 0.2) is 23.1 Å². The fourth-order valence-electron chi connectivity index (χ4n) is 2.74. The Morgan fingerprint density at radius 2 is 2.25 bits per heavy atom. The highest BCUT2D eigenvalue weighted by Crippen LogP contribution is 2.27. The molecule has 20 heavy (non-hydrogen) atoms. The molecule has 0 bridgehead atoms. The lowest BCUT2D eigenvalue weighted by Crippen LogP contribution is -2.44. The molecule has 1 aromatic carbocycles. The van der Waals surface area contributed by atoms with E-state index in [1.165, 1.54) is 12.0 Å². The average Bonchev–Trinajstić information content (AvgIpc) is 2.47. The van der Waals surface area contributed by atoms with Crippen LogP contribution in [0, 0.1) is 6.92 Å². The Morgan fingerprint density at radius 1 is 1.45 bits per heavy atom. The molecule has 2 rings (SSSR count). The first kappa shape index (κ1) is 15.2. The third-order valence-electron chi connectivity index (χ3n) is 3.94. The van der Waals surface area contributed by atoms with Gasteiger partial charge in [0.25, 0.3) is 0 Å². The number of hydrogen-bond donors (Lipinski definition) is 1. The Bertz CT molecular complexity index is 476. The van der Waals surface area contributed by atoms with Gasteiger partial charge in [0.15, 0.2) is 0 Å². The van der Waals surface area contributed by atoms with Gasteiger partial charge in [-0.3, -0.25) is 4.79 Å². The number of nitrogens with zero attached hydrogens (tertiary/aromatic N) is 1. The average molecular weight is 292 g/mol. The second kappa shape index (κ2) is 7.02. The summed E-state index contributed by atoms with van der Waals surface area (Å²) in [4.78, 5) is 15.5. The van der Waals surface area contributed by atoms with Gasteiger partial charge in [-0.15, -0.1) is 11.8 Å². The highest BCUT2D eigenvalue weighted by molar-refractivity contribution is 8.00. The fourth-order valence-corrected chi connectivity index (χ4v) is 3.69. The number of aryl methyl sites for hydroxylation is 1. The first-order valence-corrected chi connectivity index (χ1v) is 8.38. The van der Waals surface area contributed by atoms with E-state index in [1.54, 1.807) is 11.8 Å². The Balaban J connectivity index is 1.95. The van der Waals surface area contributed by atoms with Gasteiger partial charge in [0.1, 0.15) is 0 Å². The van der Waals surface area contributed by atoms with Crippen molar-refractivity contribution < 1.29 is 4.79 Å². The molecular weight excluding hydrogens is 268 g/mol. The van der Waals surface area contributed by atoms with Crippen LogP contribution in [-0.2, 0) is 4.79 Å². The number of amides is 1. The molecule has 1 aromatic rings. The molecule has 1 amide bonds. The predicted molar refractivity (Wildman–Crippen MR) is 86.0 cm³/mol. The lowest BCUT2D eigenvalue weighted by Gasteiger charge is -2.35. The number of anilines is 1. The van der Waals surface area contributed by atoms with E-state index in [2.05, 4.69) is 17.9 Å². The summed E-state index contributed by atoms with van der Waals surface area (Å²) in [6.07, 6.45) is 4.60. The van der Waals surface area contributed by atoms with E-state index in [9.17, 15) is 4.79 Å². The highest BCUT2D eigenvalue weighted by Gasteiger charge is 2.25. The molecule has 4 heteroatoms. The number of nitrogens with two attached hydrogens (primary N) is 1. The normalized spacial score (nSPS) is 19.1. The molecule has 1 unspecified atom stereocenters. The highest BCUT2D eigenvalue weighted by atomic mass is 32.2. The molecule has 0 spiro atoms. The first-order valence-electron chi connectivity index (χ1n) is 7.40. The maximum Gasteiger partial charge on any atom is 0.233 e.